The van der Waals surface area contributed by atoms with Gasteiger partial charge in [-0.25, -0.2) is 9.69 Å². The summed E-state index contributed by atoms with van der Waals surface area (Å²) in [4.78, 5) is 58.1. The summed E-state index contributed by atoms with van der Waals surface area (Å²) in [5.74, 6) is -2.18. The average molecular weight is 510 g/mol. The van der Waals surface area contributed by atoms with E-state index in [9.17, 15) is 19.2 Å². The van der Waals surface area contributed by atoms with E-state index in [0.29, 0.717) is 16.3 Å². The van der Waals surface area contributed by atoms with E-state index in [1.807, 2.05) is 43.3 Å². The number of fused-ring (bicyclic) bond motifs is 2. The van der Waals surface area contributed by atoms with Crippen LogP contribution in [0.5, 0.6) is 0 Å². The van der Waals surface area contributed by atoms with Gasteiger partial charge in [-0.15, -0.1) is 0 Å². The Hall–Kier alpha value is -3.37. The lowest BCUT2D eigenvalue weighted by atomic mass is 9.83. The minimum atomic E-state index is -0.663. The summed E-state index contributed by atoms with van der Waals surface area (Å²) in [6, 6.07) is 14.1. The van der Waals surface area contributed by atoms with Crippen LogP contribution in [-0.4, -0.2) is 48.7 Å². The van der Waals surface area contributed by atoms with Crippen LogP contribution in [0.25, 0.3) is 0 Å². The van der Waals surface area contributed by atoms with E-state index in [4.69, 9.17) is 4.74 Å². The lowest BCUT2D eigenvalue weighted by Crippen LogP contribution is -2.32. The van der Waals surface area contributed by atoms with Gasteiger partial charge in [-0.2, -0.15) is 0 Å². The van der Waals surface area contributed by atoms with Gasteiger partial charge in [0.2, 0.25) is 11.8 Å². The summed E-state index contributed by atoms with van der Waals surface area (Å²) in [5.41, 5.74) is 2.64. The number of hydrogen-bond donors (Lipinski definition) is 1. The van der Waals surface area contributed by atoms with Gasteiger partial charge in [0, 0.05) is 30.6 Å². The lowest BCUT2D eigenvalue weighted by molar-refractivity contribution is -0.122. The standard InChI is InChI=1S/C25H23N3O5S2/c1-4-33-24(31)14-7-11-16(12-8-14)28-22(29)18-17(13-5-9-15(10-6-13)27(2)3)19-21(26-25(32)35-19)34-20(18)23(28)30/h5-12,17-18,20H,4H2,1-3H3,(H,26,32)/t17-,18-,20+/m0/s1. The van der Waals surface area contributed by atoms with Gasteiger partial charge < -0.3 is 14.6 Å². The van der Waals surface area contributed by atoms with E-state index in [1.54, 1.807) is 31.2 Å². The van der Waals surface area contributed by atoms with Crippen LogP contribution in [0.3, 0.4) is 0 Å². The van der Waals surface area contributed by atoms with Crippen LogP contribution >= 0.6 is 23.1 Å². The molecule has 1 saturated heterocycles. The molecular weight excluding hydrogens is 486 g/mol. The SMILES string of the molecule is CCOC(=O)c1ccc(N2C(=O)[C@H]3[C@H](c4ccc(N(C)C)cc4)c4sc(=O)[nH]c4S[C@H]3C2=O)cc1. The maximum absolute atomic E-state index is 13.8. The Morgan fingerprint density at radius 3 is 2.34 bits per heavy atom. The third kappa shape index (κ3) is 3.96. The van der Waals surface area contributed by atoms with Gasteiger partial charge in [0.1, 0.15) is 5.25 Å². The van der Waals surface area contributed by atoms with Gasteiger partial charge in [-0.1, -0.05) is 35.2 Å². The number of aromatic nitrogens is 1. The summed E-state index contributed by atoms with van der Waals surface area (Å²) >= 11 is 2.33. The van der Waals surface area contributed by atoms with Crippen molar-refractivity contribution in [2.75, 3.05) is 30.5 Å². The van der Waals surface area contributed by atoms with Gasteiger partial charge in [0.25, 0.3) is 0 Å². The molecule has 180 valence electrons. The number of H-pyrrole nitrogens is 1. The Morgan fingerprint density at radius 2 is 1.71 bits per heavy atom. The number of amides is 2. The summed E-state index contributed by atoms with van der Waals surface area (Å²) < 4.78 is 5.01. The van der Waals surface area contributed by atoms with E-state index in [1.165, 1.54) is 16.7 Å². The van der Waals surface area contributed by atoms with Crippen LogP contribution in [0.15, 0.2) is 58.4 Å². The van der Waals surface area contributed by atoms with E-state index in [2.05, 4.69) is 4.98 Å². The van der Waals surface area contributed by atoms with Crippen molar-refractivity contribution < 1.29 is 19.1 Å². The molecule has 1 aromatic heterocycles. The second kappa shape index (κ2) is 9.01. The topological polar surface area (TPSA) is 99.8 Å². The Balaban J connectivity index is 1.54. The highest BCUT2D eigenvalue weighted by atomic mass is 32.2. The van der Waals surface area contributed by atoms with Crippen molar-refractivity contribution in [3.63, 3.8) is 0 Å². The van der Waals surface area contributed by atoms with Crippen molar-refractivity contribution in [3.05, 3.63) is 74.2 Å². The Labute approximate surface area is 209 Å². The van der Waals surface area contributed by atoms with Crippen molar-refractivity contribution in [2.24, 2.45) is 5.92 Å². The third-order valence-corrected chi connectivity index (χ3v) is 8.63. The molecule has 2 aromatic carbocycles. The molecule has 1 fully saturated rings. The van der Waals surface area contributed by atoms with Crippen molar-refractivity contribution in [1.29, 1.82) is 0 Å². The summed E-state index contributed by atoms with van der Waals surface area (Å²) in [7, 11) is 3.89. The summed E-state index contributed by atoms with van der Waals surface area (Å²) in [6.45, 7) is 1.98. The van der Waals surface area contributed by atoms with Crippen molar-refractivity contribution in [2.45, 2.75) is 23.1 Å². The Kier molecular flexibility index (Phi) is 6.02. The zero-order valence-electron chi connectivity index (χ0n) is 19.3. The number of thioether (sulfide) groups is 1. The summed E-state index contributed by atoms with van der Waals surface area (Å²) in [6.07, 6.45) is 0. The van der Waals surface area contributed by atoms with Gasteiger partial charge in [-0.3, -0.25) is 14.4 Å². The second-order valence-corrected chi connectivity index (χ2v) is 10.7. The number of esters is 1. The van der Waals surface area contributed by atoms with E-state index in [0.717, 1.165) is 27.5 Å². The normalized spacial score (nSPS) is 21.0. The molecule has 0 bridgehead atoms. The molecule has 2 aliphatic heterocycles. The lowest BCUT2D eigenvalue weighted by Gasteiger charge is -2.30. The largest absolute Gasteiger partial charge is 0.462 e. The van der Waals surface area contributed by atoms with Crippen molar-refractivity contribution in [3.8, 4) is 0 Å². The zero-order chi connectivity index (χ0) is 24.9. The first-order valence-electron chi connectivity index (χ1n) is 11.1. The quantitative estimate of drug-likeness (QED) is 0.415. The number of rotatable bonds is 5. The first-order chi connectivity index (χ1) is 16.8. The highest BCUT2D eigenvalue weighted by molar-refractivity contribution is 8.00. The Bertz CT molecular complexity index is 1360. The molecule has 0 radical (unpaired) electrons. The predicted molar refractivity (Wildman–Crippen MR) is 136 cm³/mol. The molecule has 0 saturated carbocycles. The van der Waals surface area contributed by atoms with Crippen LogP contribution in [0, 0.1) is 5.92 Å². The van der Waals surface area contributed by atoms with E-state index >= 15 is 0 Å². The maximum atomic E-state index is 13.8. The molecule has 35 heavy (non-hydrogen) atoms. The molecule has 10 heteroatoms. The number of ether oxygens (including phenoxy) is 1. The molecule has 0 spiro atoms. The van der Waals surface area contributed by atoms with Crippen LogP contribution in [0.2, 0.25) is 0 Å². The van der Waals surface area contributed by atoms with Gasteiger partial charge in [0.05, 0.1) is 28.8 Å². The fourth-order valence-corrected chi connectivity index (χ4v) is 7.09. The molecule has 2 amide bonds. The number of carbonyl (C=O) groups excluding carboxylic acids is 3. The molecule has 3 atom stereocenters. The molecule has 5 rings (SSSR count). The van der Waals surface area contributed by atoms with Gasteiger partial charge in [-0.05, 0) is 48.9 Å². The fourth-order valence-electron chi connectivity index (χ4n) is 4.57. The first kappa shape index (κ1) is 23.4. The van der Waals surface area contributed by atoms with Crippen LogP contribution in [0.1, 0.15) is 33.6 Å². The number of nitrogens with one attached hydrogen (secondary N) is 1. The zero-order valence-corrected chi connectivity index (χ0v) is 20.9. The van der Waals surface area contributed by atoms with Crippen molar-refractivity contribution >= 4 is 52.3 Å². The molecule has 8 nitrogen and oxygen atoms in total. The average Bonchev–Trinajstić information content (AvgIpc) is 3.34. The number of carbonyl (C=O) groups is 3. The summed E-state index contributed by atoms with van der Waals surface area (Å²) in [5, 5.41) is -0.0212. The highest BCUT2D eigenvalue weighted by Crippen LogP contribution is 2.53. The van der Waals surface area contributed by atoms with E-state index in [-0.39, 0.29) is 23.3 Å². The number of thiazole rings is 1. The minimum absolute atomic E-state index is 0.205. The number of anilines is 2. The van der Waals surface area contributed by atoms with E-state index < -0.39 is 23.1 Å². The molecule has 3 heterocycles. The number of imide groups is 1. The predicted octanol–water partition coefficient (Wildman–Crippen LogP) is 3.47. The molecule has 1 N–H and O–H groups in total. The number of nitrogens with zero attached hydrogens (tertiary/aromatic N) is 2. The third-order valence-electron chi connectivity index (χ3n) is 6.23. The number of benzene rings is 2. The highest BCUT2D eigenvalue weighted by Gasteiger charge is 2.56. The fraction of sp³-hybridized carbons (Fsp3) is 0.280. The monoisotopic (exact) mass is 509 g/mol. The Morgan fingerprint density at radius 1 is 1.03 bits per heavy atom. The minimum Gasteiger partial charge on any atom is -0.462 e. The smallest absolute Gasteiger partial charge is 0.338 e. The molecule has 3 aromatic rings. The maximum Gasteiger partial charge on any atom is 0.338 e. The van der Waals surface area contributed by atoms with Crippen LogP contribution in [-0.2, 0) is 14.3 Å². The first-order valence-corrected chi connectivity index (χ1v) is 12.8. The second-order valence-electron chi connectivity index (χ2n) is 8.51. The molecule has 0 aliphatic carbocycles. The number of hydrogen-bond acceptors (Lipinski definition) is 8. The molecular formula is C25H23N3O5S2. The van der Waals surface area contributed by atoms with Gasteiger partial charge in [0.15, 0.2) is 0 Å². The van der Waals surface area contributed by atoms with Crippen LogP contribution < -0.4 is 14.7 Å². The van der Waals surface area contributed by atoms with Crippen molar-refractivity contribution in [1.82, 2.24) is 4.98 Å². The molecule has 0 unspecified atom stereocenters. The molecule has 2 aliphatic rings. The van der Waals surface area contributed by atoms with Gasteiger partial charge >= 0.3 is 10.8 Å². The van der Waals surface area contributed by atoms with Crippen LogP contribution in [0.4, 0.5) is 11.4 Å². The number of aromatic amines is 1.